The third-order valence-electron chi connectivity index (χ3n) is 3.29. The van der Waals surface area contributed by atoms with E-state index in [1.807, 2.05) is 13.0 Å². The third kappa shape index (κ3) is 2.33. The Balaban J connectivity index is 2.10. The van der Waals surface area contributed by atoms with Gasteiger partial charge in [0.1, 0.15) is 5.82 Å². The Morgan fingerprint density at radius 3 is 2.68 bits per heavy atom. The molecule has 0 saturated carbocycles. The molecule has 2 aromatic carbocycles. The first-order valence-corrected chi connectivity index (χ1v) is 7.82. The summed E-state index contributed by atoms with van der Waals surface area (Å²) in [6.45, 7) is 1.95. The minimum atomic E-state index is -0.184. The molecule has 3 aromatic rings. The molecule has 0 saturated heterocycles. The van der Waals surface area contributed by atoms with Gasteiger partial charge in [0.25, 0.3) is 0 Å². The largest absolute Gasteiger partial charge is 0.207 e. The molecule has 19 heavy (non-hydrogen) atoms. The normalized spacial score (nSPS) is 12.8. The number of aryl methyl sites for hydroxylation is 1. The van der Waals surface area contributed by atoms with Gasteiger partial charge in [0, 0.05) is 4.70 Å². The van der Waals surface area contributed by atoms with Crippen LogP contribution in [-0.2, 0) is 0 Å². The van der Waals surface area contributed by atoms with Crippen molar-refractivity contribution in [3.8, 4) is 0 Å². The molecule has 3 rings (SSSR count). The molecule has 3 heteroatoms. The number of rotatable bonds is 2. The highest BCUT2D eigenvalue weighted by molar-refractivity contribution is 9.09. The molecule has 0 N–H and O–H groups in total. The first-order valence-electron chi connectivity index (χ1n) is 6.03. The summed E-state index contributed by atoms with van der Waals surface area (Å²) in [5.41, 5.74) is 3.33. The Morgan fingerprint density at radius 1 is 1.11 bits per heavy atom. The molecule has 96 valence electrons. The van der Waals surface area contributed by atoms with E-state index in [2.05, 4.69) is 45.6 Å². The molecule has 1 atom stereocenters. The van der Waals surface area contributed by atoms with E-state index in [0.717, 1.165) is 11.1 Å². The zero-order chi connectivity index (χ0) is 13.4. The molecule has 1 unspecified atom stereocenters. The van der Waals surface area contributed by atoms with Crippen molar-refractivity contribution < 1.29 is 4.39 Å². The van der Waals surface area contributed by atoms with Gasteiger partial charge in [-0.3, -0.25) is 0 Å². The van der Waals surface area contributed by atoms with Gasteiger partial charge < -0.3 is 0 Å². The Kier molecular flexibility index (Phi) is 3.42. The molecule has 1 heterocycles. The van der Waals surface area contributed by atoms with Crippen LogP contribution < -0.4 is 0 Å². The summed E-state index contributed by atoms with van der Waals surface area (Å²) in [4.78, 5) is 0.101. The van der Waals surface area contributed by atoms with Crippen LogP contribution >= 0.6 is 27.3 Å². The molecule has 0 nitrogen and oxygen atoms in total. The van der Waals surface area contributed by atoms with Gasteiger partial charge >= 0.3 is 0 Å². The van der Waals surface area contributed by atoms with Crippen molar-refractivity contribution in [1.82, 2.24) is 0 Å². The summed E-state index contributed by atoms with van der Waals surface area (Å²) < 4.78 is 14.5. The molecule has 0 aliphatic rings. The van der Waals surface area contributed by atoms with Crippen LogP contribution in [0.5, 0.6) is 0 Å². The van der Waals surface area contributed by atoms with Crippen molar-refractivity contribution in [1.29, 1.82) is 0 Å². The van der Waals surface area contributed by atoms with E-state index in [-0.39, 0.29) is 10.6 Å². The molecular formula is C16H12BrFS. The molecule has 0 amide bonds. The standard InChI is InChI=1S/C16H12BrFS/c1-10-8-11(18)6-7-12(10)16(17)14-9-19-15-5-3-2-4-13(14)15/h2-9,16H,1H3. The van der Waals surface area contributed by atoms with Gasteiger partial charge in [0.15, 0.2) is 0 Å². The maximum absolute atomic E-state index is 13.2. The van der Waals surface area contributed by atoms with Crippen molar-refractivity contribution >= 4 is 37.4 Å². The van der Waals surface area contributed by atoms with Gasteiger partial charge in [0.2, 0.25) is 0 Å². The highest BCUT2D eigenvalue weighted by atomic mass is 79.9. The predicted octanol–water partition coefficient (Wildman–Crippen LogP) is 5.83. The van der Waals surface area contributed by atoms with Crippen LogP contribution in [0.4, 0.5) is 4.39 Å². The van der Waals surface area contributed by atoms with Gasteiger partial charge in [-0.05, 0) is 52.6 Å². The minimum absolute atomic E-state index is 0.101. The molecule has 0 aliphatic carbocycles. The summed E-state index contributed by atoms with van der Waals surface area (Å²) >= 11 is 5.50. The Bertz CT molecular complexity index is 732. The van der Waals surface area contributed by atoms with Gasteiger partial charge in [-0.15, -0.1) is 11.3 Å². The summed E-state index contributed by atoms with van der Waals surface area (Å²) in [5.74, 6) is -0.184. The van der Waals surface area contributed by atoms with E-state index in [4.69, 9.17) is 0 Å². The highest BCUT2D eigenvalue weighted by Gasteiger charge is 2.16. The SMILES string of the molecule is Cc1cc(F)ccc1C(Br)c1csc2ccccc12. The van der Waals surface area contributed by atoms with Crippen LogP contribution in [0.1, 0.15) is 21.5 Å². The Hall–Kier alpha value is -1.19. The summed E-state index contributed by atoms with van der Waals surface area (Å²) in [7, 11) is 0. The van der Waals surface area contributed by atoms with Crippen LogP contribution in [0.2, 0.25) is 0 Å². The maximum Gasteiger partial charge on any atom is 0.123 e. The lowest BCUT2D eigenvalue weighted by Gasteiger charge is -2.13. The van der Waals surface area contributed by atoms with E-state index in [1.165, 1.54) is 21.7 Å². The number of alkyl halides is 1. The molecular weight excluding hydrogens is 323 g/mol. The number of fused-ring (bicyclic) bond motifs is 1. The van der Waals surface area contributed by atoms with E-state index in [0.29, 0.717) is 0 Å². The fourth-order valence-electron chi connectivity index (χ4n) is 2.29. The molecule has 0 fully saturated rings. The molecule has 0 radical (unpaired) electrons. The number of halogens is 2. The highest BCUT2D eigenvalue weighted by Crippen LogP contribution is 2.39. The zero-order valence-electron chi connectivity index (χ0n) is 10.4. The topological polar surface area (TPSA) is 0 Å². The van der Waals surface area contributed by atoms with E-state index in [9.17, 15) is 4.39 Å². The summed E-state index contributed by atoms with van der Waals surface area (Å²) in [6, 6.07) is 13.3. The lowest BCUT2D eigenvalue weighted by molar-refractivity contribution is 0.626. The maximum atomic E-state index is 13.2. The second-order valence-electron chi connectivity index (χ2n) is 4.55. The van der Waals surface area contributed by atoms with Crippen molar-refractivity contribution in [3.05, 3.63) is 70.4 Å². The smallest absolute Gasteiger partial charge is 0.123 e. The molecule has 0 bridgehead atoms. The number of thiophene rings is 1. The van der Waals surface area contributed by atoms with Gasteiger partial charge in [-0.1, -0.05) is 40.2 Å². The van der Waals surface area contributed by atoms with Crippen molar-refractivity contribution in [2.45, 2.75) is 11.8 Å². The van der Waals surface area contributed by atoms with Crippen LogP contribution in [-0.4, -0.2) is 0 Å². The summed E-state index contributed by atoms with van der Waals surface area (Å²) in [6.07, 6.45) is 0. The quantitative estimate of drug-likeness (QED) is 0.517. The van der Waals surface area contributed by atoms with Crippen LogP contribution in [0.25, 0.3) is 10.1 Å². The number of hydrogen-bond donors (Lipinski definition) is 0. The van der Waals surface area contributed by atoms with Crippen molar-refractivity contribution in [2.24, 2.45) is 0 Å². The third-order valence-corrected chi connectivity index (χ3v) is 5.26. The van der Waals surface area contributed by atoms with Crippen LogP contribution in [0, 0.1) is 12.7 Å². The first kappa shape index (κ1) is 12.8. The second-order valence-corrected chi connectivity index (χ2v) is 6.38. The van der Waals surface area contributed by atoms with Gasteiger partial charge in [0.05, 0.1) is 4.83 Å². The monoisotopic (exact) mass is 334 g/mol. The van der Waals surface area contributed by atoms with Crippen LogP contribution in [0.3, 0.4) is 0 Å². The zero-order valence-corrected chi connectivity index (χ0v) is 12.8. The fourth-order valence-corrected chi connectivity index (χ4v) is 4.34. The lowest BCUT2D eigenvalue weighted by atomic mass is 10.00. The average Bonchev–Trinajstić information content (AvgIpc) is 2.82. The average molecular weight is 335 g/mol. The van der Waals surface area contributed by atoms with Crippen molar-refractivity contribution in [2.75, 3.05) is 0 Å². The van der Waals surface area contributed by atoms with E-state index in [1.54, 1.807) is 17.4 Å². The van der Waals surface area contributed by atoms with E-state index >= 15 is 0 Å². The number of hydrogen-bond acceptors (Lipinski definition) is 1. The van der Waals surface area contributed by atoms with Crippen LogP contribution in [0.15, 0.2) is 47.8 Å². The van der Waals surface area contributed by atoms with Gasteiger partial charge in [-0.25, -0.2) is 4.39 Å². The minimum Gasteiger partial charge on any atom is -0.207 e. The Morgan fingerprint density at radius 2 is 1.89 bits per heavy atom. The van der Waals surface area contributed by atoms with Crippen molar-refractivity contribution in [3.63, 3.8) is 0 Å². The first-order chi connectivity index (χ1) is 9.16. The second kappa shape index (κ2) is 5.06. The lowest BCUT2D eigenvalue weighted by Crippen LogP contribution is -1.95. The summed E-state index contributed by atoms with van der Waals surface area (Å²) in [5, 5.41) is 3.44. The Labute approximate surface area is 124 Å². The van der Waals surface area contributed by atoms with E-state index < -0.39 is 0 Å². The molecule has 1 aromatic heterocycles. The molecule has 0 spiro atoms. The predicted molar refractivity (Wildman–Crippen MR) is 83.7 cm³/mol. The van der Waals surface area contributed by atoms with Gasteiger partial charge in [-0.2, -0.15) is 0 Å². The number of benzene rings is 2. The molecule has 0 aliphatic heterocycles. The fraction of sp³-hybridized carbons (Fsp3) is 0.125.